The summed E-state index contributed by atoms with van der Waals surface area (Å²) in [5, 5.41) is 10.7. The lowest BCUT2D eigenvalue weighted by Gasteiger charge is -2.21. The van der Waals surface area contributed by atoms with Gasteiger partial charge in [0.2, 0.25) is 0 Å². The van der Waals surface area contributed by atoms with Gasteiger partial charge in [-0.05, 0) is 42.5 Å². The van der Waals surface area contributed by atoms with E-state index in [1.54, 1.807) is 6.20 Å². The van der Waals surface area contributed by atoms with Gasteiger partial charge in [-0.3, -0.25) is 14.7 Å². The van der Waals surface area contributed by atoms with Crippen LogP contribution in [0.1, 0.15) is 18.4 Å². The highest BCUT2D eigenvalue weighted by molar-refractivity contribution is 6.35. The maximum absolute atomic E-state index is 11.0. The van der Waals surface area contributed by atoms with Gasteiger partial charge in [-0.15, -0.1) is 0 Å². The summed E-state index contributed by atoms with van der Waals surface area (Å²) in [5.41, 5.74) is 1.88. The van der Waals surface area contributed by atoms with Gasteiger partial charge in [0.15, 0.2) is 0 Å². The van der Waals surface area contributed by atoms with E-state index >= 15 is 0 Å². The van der Waals surface area contributed by atoms with Crippen molar-refractivity contribution in [3.8, 4) is 0 Å². The highest BCUT2D eigenvalue weighted by Crippen LogP contribution is 2.31. The van der Waals surface area contributed by atoms with Crippen LogP contribution in [-0.4, -0.2) is 34.0 Å². The monoisotopic (exact) mass is 304 g/mol. The van der Waals surface area contributed by atoms with Gasteiger partial charge in [0.25, 0.3) is 0 Å². The molecular formula is C16H17ClN2O2. The zero-order valence-electron chi connectivity index (χ0n) is 11.6. The number of nitrogens with zero attached hydrogens (tertiary/aromatic N) is 2. The number of hydrogen-bond acceptors (Lipinski definition) is 3. The molecule has 4 nitrogen and oxygen atoms in total. The SMILES string of the molecule is O=C(O)CN(Cc1ccc(Cl)c2cccnc12)CC1CC1. The third kappa shape index (κ3) is 3.52. The first-order chi connectivity index (χ1) is 10.1. The van der Waals surface area contributed by atoms with E-state index in [4.69, 9.17) is 16.7 Å². The highest BCUT2D eigenvalue weighted by Gasteiger charge is 2.25. The van der Waals surface area contributed by atoms with Crippen LogP contribution < -0.4 is 0 Å². The minimum absolute atomic E-state index is 0.0629. The summed E-state index contributed by atoms with van der Waals surface area (Å²) in [5.74, 6) is -0.141. The Morgan fingerprint density at radius 2 is 2.19 bits per heavy atom. The molecule has 1 saturated carbocycles. The van der Waals surface area contributed by atoms with Gasteiger partial charge in [-0.25, -0.2) is 0 Å². The van der Waals surface area contributed by atoms with Crippen molar-refractivity contribution in [2.75, 3.05) is 13.1 Å². The molecule has 0 aliphatic heterocycles. The van der Waals surface area contributed by atoms with Crippen LogP contribution in [0.15, 0.2) is 30.5 Å². The van der Waals surface area contributed by atoms with E-state index in [1.807, 2.05) is 29.2 Å². The number of aromatic nitrogens is 1. The van der Waals surface area contributed by atoms with E-state index < -0.39 is 5.97 Å². The van der Waals surface area contributed by atoms with Crippen LogP contribution in [0.2, 0.25) is 5.02 Å². The zero-order valence-corrected chi connectivity index (χ0v) is 12.4. The molecule has 1 heterocycles. The number of halogens is 1. The molecule has 0 amide bonds. The maximum atomic E-state index is 11.0. The fourth-order valence-electron chi connectivity index (χ4n) is 2.61. The second kappa shape index (κ2) is 6.00. The van der Waals surface area contributed by atoms with Gasteiger partial charge >= 0.3 is 5.97 Å². The molecule has 1 aliphatic carbocycles. The van der Waals surface area contributed by atoms with Gasteiger partial charge < -0.3 is 5.11 Å². The van der Waals surface area contributed by atoms with Crippen molar-refractivity contribution in [3.63, 3.8) is 0 Å². The molecule has 1 aliphatic rings. The summed E-state index contributed by atoms with van der Waals surface area (Å²) >= 11 is 6.20. The van der Waals surface area contributed by atoms with Crippen molar-refractivity contribution in [1.29, 1.82) is 0 Å². The van der Waals surface area contributed by atoms with Crippen LogP contribution in [0.4, 0.5) is 0 Å². The molecule has 1 fully saturated rings. The standard InChI is InChI=1S/C16H17ClN2O2/c17-14-6-5-12(16-13(14)2-1-7-18-16)9-19(10-15(20)21)8-11-3-4-11/h1-2,5-7,11H,3-4,8-10H2,(H,20,21). The largest absolute Gasteiger partial charge is 0.480 e. The van der Waals surface area contributed by atoms with E-state index in [0.717, 1.165) is 23.0 Å². The zero-order chi connectivity index (χ0) is 14.8. The van der Waals surface area contributed by atoms with Crippen molar-refractivity contribution in [2.24, 2.45) is 5.92 Å². The maximum Gasteiger partial charge on any atom is 0.317 e. The molecule has 0 saturated heterocycles. The van der Waals surface area contributed by atoms with E-state index in [0.29, 0.717) is 17.5 Å². The van der Waals surface area contributed by atoms with Gasteiger partial charge in [-0.2, -0.15) is 0 Å². The van der Waals surface area contributed by atoms with Crippen LogP contribution in [0.3, 0.4) is 0 Å². The van der Waals surface area contributed by atoms with Crippen LogP contribution in [0.5, 0.6) is 0 Å². The molecule has 0 atom stereocenters. The first kappa shape index (κ1) is 14.3. The average molecular weight is 305 g/mol. The predicted octanol–water partition coefficient (Wildman–Crippen LogP) is 3.18. The summed E-state index contributed by atoms with van der Waals surface area (Å²) in [7, 11) is 0. The van der Waals surface area contributed by atoms with E-state index in [9.17, 15) is 4.79 Å². The average Bonchev–Trinajstić information content (AvgIpc) is 3.25. The van der Waals surface area contributed by atoms with Gasteiger partial charge in [-0.1, -0.05) is 17.7 Å². The summed E-state index contributed by atoms with van der Waals surface area (Å²) in [6, 6.07) is 7.60. The molecule has 0 spiro atoms. The topological polar surface area (TPSA) is 53.4 Å². The molecule has 0 bridgehead atoms. The van der Waals surface area contributed by atoms with Crippen LogP contribution >= 0.6 is 11.6 Å². The molecule has 0 unspecified atom stereocenters. The highest BCUT2D eigenvalue weighted by atomic mass is 35.5. The molecule has 21 heavy (non-hydrogen) atoms. The minimum atomic E-state index is -0.790. The molecule has 5 heteroatoms. The third-order valence-electron chi connectivity index (χ3n) is 3.77. The van der Waals surface area contributed by atoms with Crippen molar-refractivity contribution in [1.82, 2.24) is 9.88 Å². The number of hydrogen-bond donors (Lipinski definition) is 1. The number of carbonyl (C=O) groups is 1. The van der Waals surface area contributed by atoms with Gasteiger partial charge in [0.05, 0.1) is 12.1 Å². The van der Waals surface area contributed by atoms with E-state index in [2.05, 4.69) is 4.98 Å². The summed E-state index contributed by atoms with van der Waals surface area (Å²) in [6.45, 7) is 1.49. The third-order valence-corrected chi connectivity index (χ3v) is 4.10. The Kier molecular flexibility index (Phi) is 4.08. The quantitative estimate of drug-likeness (QED) is 0.890. The number of fused-ring (bicyclic) bond motifs is 1. The van der Waals surface area contributed by atoms with Crippen LogP contribution in [0, 0.1) is 5.92 Å². The lowest BCUT2D eigenvalue weighted by molar-refractivity contribution is -0.138. The molecule has 110 valence electrons. The predicted molar refractivity (Wildman–Crippen MR) is 82.4 cm³/mol. The first-order valence-electron chi connectivity index (χ1n) is 7.10. The molecule has 1 aromatic carbocycles. The fourth-order valence-corrected chi connectivity index (χ4v) is 2.82. The Morgan fingerprint density at radius 3 is 2.90 bits per heavy atom. The van der Waals surface area contributed by atoms with Crippen molar-refractivity contribution < 1.29 is 9.90 Å². The van der Waals surface area contributed by atoms with Gasteiger partial charge in [0.1, 0.15) is 0 Å². The molecular weight excluding hydrogens is 288 g/mol. The summed E-state index contributed by atoms with van der Waals surface area (Å²) in [4.78, 5) is 17.4. The van der Waals surface area contributed by atoms with Gasteiger partial charge in [0, 0.05) is 29.7 Å². The second-order valence-corrected chi connectivity index (χ2v) is 6.02. The Labute approximate surface area is 128 Å². The lowest BCUT2D eigenvalue weighted by atomic mass is 10.1. The van der Waals surface area contributed by atoms with E-state index in [1.165, 1.54) is 12.8 Å². The Morgan fingerprint density at radius 1 is 1.38 bits per heavy atom. The number of pyridine rings is 1. The number of benzene rings is 1. The lowest BCUT2D eigenvalue weighted by Crippen LogP contribution is -2.31. The molecule has 2 aromatic rings. The smallest absolute Gasteiger partial charge is 0.317 e. The van der Waals surface area contributed by atoms with Crippen LogP contribution in [0.25, 0.3) is 10.9 Å². The molecule has 3 rings (SSSR count). The minimum Gasteiger partial charge on any atom is -0.480 e. The number of rotatable bonds is 6. The number of aliphatic carboxylic acids is 1. The fraction of sp³-hybridized carbons (Fsp3) is 0.375. The summed E-state index contributed by atoms with van der Waals surface area (Å²) in [6.07, 6.45) is 4.15. The van der Waals surface area contributed by atoms with Crippen molar-refractivity contribution in [2.45, 2.75) is 19.4 Å². The molecule has 1 aromatic heterocycles. The summed E-state index contributed by atoms with van der Waals surface area (Å²) < 4.78 is 0. The normalized spacial score (nSPS) is 14.8. The van der Waals surface area contributed by atoms with E-state index in [-0.39, 0.29) is 6.54 Å². The molecule has 1 N–H and O–H groups in total. The number of carboxylic acids is 1. The Bertz CT molecular complexity index is 670. The second-order valence-electron chi connectivity index (χ2n) is 5.61. The van der Waals surface area contributed by atoms with Crippen molar-refractivity contribution in [3.05, 3.63) is 41.0 Å². The Hall–Kier alpha value is -1.65. The Balaban J connectivity index is 1.87. The first-order valence-corrected chi connectivity index (χ1v) is 7.47. The van der Waals surface area contributed by atoms with Crippen molar-refractivity contribution >= 4 is 28.5 Å². The number of carboxylic acid groups (broad SMARTS) is 1. The molecule has 0 radical (unpaired) electrons. The van der Waals surface area contributed by atoms with Crippen LogP contribution in [-0.2, 0) is 11.3 Å².